The van der Waals surface area contributed by atoms with Gasteiger partial charge in [-0.15, -0.1) is 0 Å². The van der Waals surface area contributed by atoms with Gasteiger partial charge in [-0.2, -0.15) is 0 Å². The number of fused-ring (bicyclic) bond motifs is 4. The molecule has 8 fully saturated rings. The van der Waals surface area contributed by atoms with Crippen LogP contribution >= 0.6 is 0 Å². The maximum Gasteiger partial charge on any atom is 0.223 e. The summed E-state index contributed by atoms with van der Waals surface area (Å²) in [6.07, 6.45) is 12.4. The molecule has 258 valence electrons. The number of rotatable bonds is 7. The highest BCUT2D eigenvalue weighted by atomic mass is 16.7. The van der Waals surface area contributed by atoms with Crippen LogP contribution in [0.15, 0.2) is 0 Å². The van der Waals surface area contributed by atoms with Gasteiger partial charge in [-0.1, -0.05) is 34.6 Å². The van der Waals surface area contributed by atoms with Gasteiger partial charge in [0, 0.05) is 24.8 Å². The molecule has 2 amide bonds. The van der Waals surface area contributed by atoms with Gasteiger partial charge < -0.3 is 30.0 Å². The van der Waals surface area contributed by atoms with Gasteiger partial charge in [0.15, 0.2) is 6.29 Å². The van der Waals surface area contributed by atoms with E-state index in [1.54, 1.807) is 0 Å². The number of hydrogen-bond acceptors (Lipinski definition) is 6. The Balaban J connectivity index is 0.995. The number of aliphatic hydroxyl groups excluding tert-OH is 1. The Bertz CT molecular complexity index is 1250. The van der Waals surface area contributed by atoms with Gasteiger partial charge in [0.2, 0.25) is 11.8 Å². The number of amides is 2. The summed E-state index contributed by atoms with van der Waals surface area (Å²) in [7, 11) is 0. The lowest BCUT2D eigenvalue weighted by atomic mass is 9.41. The zero-order valence-electron chi connectivity index (χ0n) is 29.1. The van der Waals surface area contributed by atoms with Crippen molar-refractivity contribution in [3.05, 3.63) is 0 Å². The normalized spacial score (nSPS) is 52.0. The molecule has 2 saturated heterocycles. The fraction of sp³-hybridized carbons (Fsp3) is 0.947. The van der Waals surface area contributed by atoms with Gasteiger partial charge in [0.25, 0.3) is 0 Å². The minimum absolute atomic E-state index is 0.00432. The Morgan fingerprint density at radius 2 is 1.74 bits per heavy atom. The summed E-state index contributed by atoms with van der Waals surface area (Å²) in [6.45, 7) is 14.0. The summed E-state index contributed by atoms with van der Waals surface area (Å²) in [5.74, 6) is 2.47. The Labute approximate surface area is 276 Å². The molecular weight excluding hydrogens is 580 g/mol. The first-order valence-electron chi connectivity index (χ1n) is 18.9. The van der Waals surface area contributed by atoms with Crippen molar-refractivity contribution in [1.82, 2.24) is 4.90 Å². The Morgan fingerprint density at radius 3 is 2.48 bits per heavy atom. The lowest BCUT2D eigenvalue weighted by Crippen LogP contribution is -2.60. The average molecular weight is 641 g/mol. The topological polar surface area (TPSA) is 111 Å². The number of ether oxygens (including phenoxy) is 3. The molecule has 0 radical (unpaired) electrons. The van der Waals surface area contributed by atoms with Gasteiger partial charge >= 0.3 is 0 Å². The predicted molar refractivity (Wildman–Crippen MR) is 173 cm³/mol. The molecule has 6 saturated carbocycles. The van der Waals surface area contributed by atoms with Crippen LogP contribution in [-0.4, -0.2) is 72.2 Å². The van der Waals surface area contributed by atoms with Crippen molar-refractivity contribution in [3.63, 3.8) is 0 Å². The Morgan fingerprint density at radius 1 is 1.00 bits per heavy atom. The molecule has 2 heterocycles. The number of hydrogen-bond donors (Lipinski definition) is 2. The summed E-state index contributed by atoms with van der Waals surface area (Å²) in [6, 6.07) is 0. The monoisotopic (exact) mass is 640 g/mol. The third-order valence-electron chi connectivity index (χ3n) is 16.4. The van der Waals surface area contributed by atoms with Crippen molar-refractivity contribution in [2.45, 2.75) is 149 Å². The molecule has 2 aliphatic heterocycles. The zero-order chi connectivity index (χ0) is 32.4. The van der Waals surface area contributed by atoms with Crippen LogP contribution in [0.3, 0.4) is 0 Å². The molecular formula is C38H60N2O6. The molecule has 13 atom stereocenters. The second-order valence-corrected chi connectivity index (χ2v) is 18.6. The molecule has 3 N–H and O–H groups in total. The van der Waals surface area contributed by atoms with E-state index in [1.807, 2.05) is 4.90 Å². The quantitative estimate of drug-likeness (QED) is 0.384. The molecule has 5 unspecified atom stereocenters. The first-order valence-corrected chi connectivity index (χ1v) is 18.9. The first kappa shape index (κ1) is 32.0. The van der Waals surface area contributed by atoms with E-state index in [4.69, 9.17) is 19.9 Å². The van der Waals surface area contributed by atoms with Crippen molar-refractivity contribution >= 4 is 11.8 Å². The molecule has 8 nitrogen and oxygen atoms in total. The number of carbonyl (C=O) groups excluding carboxylic acids is 2. The molecule has 0 bridgehead atoms. The molecule has 8 rings (SSSR count). The highest BCUT2D eigenvalue weighted by Gasteiger charge is 2.84. The van der Waals surface area contributed by atoms with E-state index in [-0.39, 0.29) is 52.7 Å². The Kier molecular flexibility index (Phi) is 7.40. The highest BCUT2D eigenvalue weighted by Crippen LogP contribution is 2.89. The van der Waals surface area contributed by atoms with E-state index in [0.717, 1.165) is 25.7 Å². The standard InChI is InChI=1S/C38H60N2O6/c1-22-18-24(8-11-28(39)41)45-32-31(22)35(4)14-15-38-21-37(38)13-12-27(34(2,3)25(37)9-10-26(38)36(35,5)33(32)43)46-30-20-40(16-17-44-30)29(42)19-23-6-7-23/h22-27,30-33,43H,6-21H2,1-5H3,(H2,39,41)/t22-,24?,25+,26+,27+,30?,31?,32?,33+,35-,36-,37-,38?/m1/s1. The first-order chi connectivity index (χ1) is 21.8. The van der Waals surface area contributed by atoms with E-state index in [0.29, 0.717) is 79.4 Å². The highest BCUT2D eigenvalue weighted by molar-refractivity contribution is 5.76. The average Bonchev–Trinajstić information content (AvgIpc) is 3.93. The summed E-state index contributed by atoms with van der Waals surface area (Å²) in [5.41, 5.74) is 5.98. The van der Waals surface area contributed by atoms with Crippen LogP contribution in [0.4, 0.5) is 0 Å². The van der Waals surface area contributed by atoms with Crippen LogP contribution in [0, 0.1) is 56.7 Å². The molecule has 8 heteroatoms. The lowest BCUT2D eigenvalue weighted by molar-refractivity contribution is -0.248. The van der Waals surface area contributed by atoms with Crippen LogP contribution in [0.25, 0.3) is 0 Å². The summed E-state index contributed by atoms with van der Waals surface area (Å²) < 4.78 is 19.7. The Hall–Kier alpha value is -1.22. The third-order valence-corrected chi connectivity index (χ3v) is 16.4. The third kappa shape index (κ3) is 4.37. The molecule has 8 aliphatic rings. The molecule has 46 heavy (non-hydrogen) atoms. The largest absolute Gasteiger partial charge is 0.390 e. The van der Waals surface area contributed by atoms with Crippen molar-refractivity contribution in [2.75, 3.05) is 19.7 Å². The van der Waals surface area contributed by atoms with Crippen LogP contribution in [0.2, 0.25) is 0 Å². The summed E-state index contributed by atoms with van der Waals surface area (Å²) >= 11 is 0. The molecule has 6 aliphatic carbocycles. The van der Waals surface area contributed by atoms with E-state index in [2.05, 4.69) is 34.6 Å². The second kappa shape index (κ2) is 10.6. The number of nitrogens with two attached hydrogens (primary N) is 1. The number of nitrogens with zero attached hydrogens (tertiary/aromatic N) is 1. The maximum atomic E-state index is 12.9. The lowest BCUT2D eigenvalue weighted by Gasteiger charge is -2.64. The zero-order valence-corrected chi connectivity index (χ0v) is 29.1. The van der Waals surface area contributed by atoms with Gasteiger partial charge in [-0.3, -0.25) is 9.59 Å². The molecule has 2 spiro atoms. The number of aliphatic hydroxyl groups is 1. The van der Waals surface area contributed by atoms with E-state index >= 15 is 0 Å². The smallest absolute Gasteiger partial charge is 0.223 e. The van der Waals surface area contributed by atoms with Crippen molar-refractivity contribution in [1.29, 1.82) is 0 Å². The van der Waals surface area contributed by atoms with E-state index < -0.39 is 6.10 Å². The minimum atomic E-state index is -0.487. The fourth-order valence-electron chi connectivity index (χ4n) is 13.9. The summed E-state index contributed by atoms with van der Waals surface area (Å²) in [5, 5.41) is 12.4. The van der Waals surface area contributed by atoms with Crippen LogP contribution in [0.1, 0.15) is 118 Å². The maximum absolute atomic E-state index is 12.9. The van der Waals surface area contributed by atoms with Crippen molar-refractivity contribution < 1.29 is 28.9 Å². The van der Waals surface area contributed by atoms with Gasteiger partial charge in [-0.25, -0.2) is 0 Å². The minimum Gasteiger partial charge on any atom is -0.390 e. The fourth-order valence-corrected chi connectivity index (χ4v) is 13.9. The van der Waals surface area contributed by atoms with Gasteiger partial charge in [-0.05, 0) is 122 Å². The predicted octanol–water partition coefficient (Wildman–Crippen LogP) is 5.44. The number of morpholine rings is 1. The molecule has 0 aromatic carbocycles. The van der Waals surface area contributed by atoms with Crippen molar-refractivity contribution in [2.24, 2.45) is 62.4 Å². The van der Waals surface area contributed by atoms with Gasteiger partial charge in [0.05, 0.1) is 37.6 Å². The summed E-state index contributed by atoms with van der Waals surface area (Å²) in [4.78, 5) is 26.4. The number of primary amides is 1. The number of carbonyl (C=O) groups is 2. The second-order valence-electron chi connectivity index (χ2n) is 18.6. The van der Waals surface area contributed by atoms with E-state index in [1.165, 1.54) is 38.5 Å². The molecule has 0 aromatic rings. The van der Waals surface area contributed by atoms with Crippen LogP contribution < -0.4 is 5.73 Å². The van der Waals surface area contributed by atoms with Crippen molar-refractivity contribution in [3.8, 4) is 0 Å². The van der Waals surface area contributed by atoms with Gasteiger partial charge in [0.1, 0.15) is 0 Å². The van der Waals surface area contributed by atoms with Crippen LogP contribution in [0.5, 0.6) is 0 Å². The van der Waals surface area contributed by atoms with Crippen LogP contribution in [-0.2, 0) is 23.8 Å². The van der Waals surface area contributed by atoms with E-state index in [9.17, 15) is 14.7 Å². The SMILES string of the molecule is C[C@@H]1CC(CCC(N)=O)OC2C1[C@@]1(C)CCC34C[C@@]35CC[C@H](OC3CN(C(=O)CC6CC6)CCO3)C(C)(C)[C@@H]5CC[C@H]4[C@]1(C)[C@H]2O. The molecule has 0 aromatic heterocycles.